The first kappa shape index (κ1) is 27.5. The molecule has 0 heterocycles. The molecule has 2 amide bonds. The highest BCUT2D eigenvalue weighted by Crippen LogP contribution is 2.09. The SMILES string of the molecule is CC(C)(C)OC(=O)NCCc1ccc(C#Cc2ccc(C(=O)CNC(=O)OC(C)(C)C)cc2)cc1. The van der Waals surface area contributed by atoms with Crippen LogP contribution in [0.15, 0.2) is 48.5 Å². The number of ketones is 1. The van der Waals surface area contributed by atoms with Crippen LogP contribution in [0.2, 0.25) is 0 Å². The van der Waals surface area contributed by atoms with Crippen LogP contribution in [-0.4, -0.2) is 42.3 Å². The standard InChI is InChI=1S/C28H34N2O5/c1-27(2,3)34-25(32)29-18-17-22-11-9-20(10-12-22)7-8-21-13-15-23(16-14-21)24(31)19-30-26(33)35-28(4,5)6/h9-16H,17-19H2,1-6H3,(H,29,32)(H,30,33). The van der Waals surface area contributed by atoms with E-state index < -0.39 is 23.4 Å². The Hall–Kier alpha value is -3.79. The lowest BCUT2D eigenvalue weighted by Crippen LogP contribution is -2.35. The molecule has 0 fully saturated rings. The minimum absolute atomic E-state index is 0.139. The second-order valence-corrected chi connectivity index (χ2v) is 9.98. The van der Waals surface area contributed by atoms with Crippen molar-refractivity contribution in [3.8, 4) is 11.8 Å². The molecule has 0 atom stereocenters. The summed E-state index contributed by atoms with van der Waals surface area (Å²) in [5.41, 5.74) is 2.06. The number of ether oxygens (including phenoxy) is 2. The summed E-state index contributed by atoms with van der Waals surface area (Å²) in [4.78, 5) is 35.7. The van der Waals surface area contributed by atoms with Crippen LogP contribution >= 0.6 is 0 Å². The van der Waals surface area contributed by atoms with E-state index in [9.17, 15) is 14.4 Å². The summed E-state index contributed by atoms with van der Waals surface area (Å²) in [6.45, 7) is 11.1. The molecule has 2 N–H and O–H groups in total. The van der Waals surface area contributed by atoms with Crippen molar-refractivity contribution in [2.45, 2.75) is 59.2 Å². The van der Waals surface area contributed by atoms with Crippen molar-refractivity contribution in [2.75, 3.05) is 13.1 Å². The lowest BCUT2D eigenvalue weighted by molar-refractivity contribution is 0.0514. The van der Waals surface area contributed by atoms with Crippen LogP contribution in [0, 0.1) is 11.8 Å². The number of hydrogen-bond acceptors (Lipinski definition) is 5. The Bertz CT molecular complexity index is 1080. The normalized spacial score (nSPS) is 11.0. The largest absolute Gasteiger partial charge is 0.444 e. The molecular formula is C28H34N2O5. The van der Waals surface area contributed by atoms with Gasteiger partial charge in [-0.25, -0.2) is 9.59 Å². The van der Waals surface area contributed by atoms with Gasteiger partial charge in [-0.05, 0) is 77.8 Å². The molecule has 0 saturated carbocycles. The monoisotopic (exact) mass is 478 g/mol. The molecule has 186 valence electrons. The third-order valence-corrected chi connectivity index (χ3v) is 4.39. The molecule has 7 heteroatoms. The van der Waals surface area contributed by atoms with Gasteiger partial charge in [-0.15, -0.1) is 0 Å². The van der Waals surface area contributed by atoms with Crippen LogP contribution in [0.25, 0.3) is 0 Å². The van der Waals surface area contributed by atoms with Crippen molar-refractivity contribution in [1.29, 1.82) is 0 Å². The average Bonchev–Trinajstić information content (AvgIpc) is 2.75. The number of carbonyl (C=O) groups excluding carboxylic acids is 3. The first-order valence-corrected chi connectivity index (χ1v) is 11.5. The van der Waals surface area contributed by atoms with Crippen molar-refractivity contribution < 1.29 is 23.9 Å². The van der Waals surface area contributed by atoms with Gasteiger partial charge in [-0.3, -0.25) is 4.79 Å². The molecule has 2 rings (SSSR count). The summed E-state index contributed by atoms with van der Waals surface area (Å²) in [7, 11) is 0. The van der Waals surface area contributed by atoms with Crippen LogP contribution in [-0.2, 0) is 15.9 Å². The van der Waals surface area contributed by atoms with Crippen molar-refractivity contribution in [3.63, 3.8) is 0 Å². The van der Waals surface area contributed by atoms with Gasteiger partial charge >= 0.3 is 12.2 Å². The Kier molecular flexibility index (Phi) is 9.47. The summed E-state index contributed by atoms with van der Waals surface area (Å²) in [5.74, 6) is 5.96. The molecular weight excluding hydrogens is 444 g/mol. The Morgan fingerprint density at radius 1 is 0.714 bits per heavy atom. The topological polar surface area (TPSA) is 93.7 Å². The minimum Gasteiger partial charge on any atom is -0.444 e. The van der Waals surface area contributed by atoms with E-state index in [1.807, 2.05) is 45.0 Å². The van der Waals surface area contributed by atoms with Crippen LogP contribution in [0.1, 0.15) is 68.6 Å². The summed E-state index contributed by atoms with van der Waals surface area (Å²) in [6.07, 6.45) is -0.365. The molecule has 2 aromatic rings. The molecule has 0 aromatic heterocycles. The molecule has 0 aliphatic rings. The number of nitrogens with one attached hydrogen (secondary N) is 2. The van der Waals surface area contributed by atoms with E-state index in [-0.39, 0.29) is 12.3 Å². The van der Waals surface area contributed by atoms with Gasteiger partial charge in [0.05, 0.1) is 6.54 Å². The average molecular weight is 479 g/mol. The number of Topliss-reactive ketones (excluding diaryl/α,β-unsaturated/α-hetero) is 1. The maximum atomic E-state index is 12.3. The Balaban J connectivity index is 1.84. The number of benzene rings is 2. The summed E-state index contributed by atoms with van der Waals surface area (Å²) >= 11 is 0. The Morgan fingerprint density at radius 2 is 1.17 bits per heavy atom. The van der Waals surface area contributed by atoms with Gasteiger partial charge in [0.15, 0.2) is 5.78 Å². The van der Waals surface area contributed by atoms with Gasteiger partial charge in [-0.2, -0.15) is 0 Å². The van der Waals surface area contributed by atoms with Crippen LogP contribution < -0.4 is 10.6 Å². The van der Waals surface area contributed by atoms with E-state index in [4.69, 9.17) is 9.47 Å². The van der Waals surface area contributed by atoms with Gasteiger partial charge in [0.1, 0.15) is 11.2 Å². The number of hydrogen-bond donors (Lipinski definition) is 2. The number of alkyl carbamates (subject to hydrolysis) is 2. The lowest BCUT2D eigenvalue weighted by atomic mass is 10.1. The number of rotatable bonds is 6. The van der Waals surface area contributed by atoms with E-state index in [0.29, 0.717) is 18.5 Å². The van der Waals surface area contributed by atoms with Crippen molar-refractivity contribution in [2.24, 2.45) is 0 Å². The maximum Gasteiger partial charge on any atom is 0.408 e. The van der Waals surface area contributed by atoms with Crippen molar-refractivity contribution >= 4 is 18.0 Å². The number of amides is 2. The molecule has 0 spiro atoms. The van der Waals surface area contributed by atoms with Crippen molar-refractivity contribution in [3.05, 3.63) is 70.8 Å². The van der Waals surface area contributed by atoms with Gasteiger partial charge in [0, 0.05) is 23.2 Å². The zero-order chi connectivity index (χ0) is 26.1. The molecule has 0 unspecified atom stereocenters. The summed E-state index contributed by atoms with van der Waals surface area (Å²) in [6, 6.07) is 14.7. The molecule has 0 aliphatic carbocycles. The first-order chi connectivity index (χ1) is 16.3. The summed E-state index contributed by atoms with van der Waals surface area (Å²) < 4.78 is 10.3. The zero-order valence-corrected chi connectivity index (χ0v) is 21.3. The van der Waals surface area contributed by atoms with Crippen molar-refractivity contribution in [1.82, 2.24) is 10.6 Å². The maximum absolute atomic E-state index is 12.3. The molecule has 35 heavy (non-hydrogen) atoms. The Labute approximate surface area is 207 Å². The highest BCUT2D eigenvalue weighted by molar-refractivity contribution is 5.99. The molecule has 7 nitrogen and oxygen atoms in total. The molecule has 0 aliphatic heterocycles. The third-order valence-electron chi connectivity index (χ3n) is 4.39. The molecule has 0 bridgehead atoms. The second-order valence-electron chi connectivity index (χ2n) is 9.98. The van der Waals surface area contributed by atoms with Gasteiger partial charge in [0.2, 0.25) is 0 Å². The first-order valence-electron chi connectivity index (χ1n) is 11.5. The highest BCUT2D eigenvalue weighted by Gasteiger charge is 2.17. The highest BCUT2D eigenvalue weighted by atomic mass is 16.6. The second kappa shape index (κ2) is 12.1. The fourth-order valence-electron chi connectivity index (χ4n) is 2.83. The van der Waals surface area contributed by atoms with E-state index in [2.05, 4.69) is 22.5 Å². The van der Waals surface area contributed by atoms with Gasteiger partial charge < -0.3 is 20.1 Å². The fraction of sp³-hybridized carbons (Fsp3) is 0.393. The number of carbonyl (C=O) groups is 3. The van der Waals surface area contributed by atoms with E-state index in [1.165, 1.54) is 0 Å². The predicted octanol–water partition coefficient (Wildman–Crippen LogP) is 4.86. The van der Waals surface area contributed by atoms with E-state index in [0.717, 1.165) is 16.7 Å². The smallest absolute Gasteiger partial charge is 0.408 e. The molecule has 2 aromatic carbocycles. The zero-order valence-electron chi connectivity index (χ0n) is 21.3. The van der Waals surface area contributed by atoms with Gasteiger partial charge in [-0.1, -0.05) is 36.1 Å². The van der Waals surface area contributed by atoms with Crippen LogP contribution in [0.5, 0.6) is 0 Å². The fourth-order valence-corrected chi connectivity index (χ4v) is 2.83. The van der Waals surface area contributed by atoms with Gasteiger partial charge in [0.25, 0.3) is 0 Å². The quantitative estimate of drug-likeness (QED) is 0.457. The minimum atomic E-state index is -0.626. The Morgan fingerprint density at radius 3 is 1.66 bits per heavy atom. The van der Waals surface area contributed by atoms with Crippen LogP contribution in [0.4, 0.5) is 9.59 Å². The third kappa shape index (κ3) is 11.3. The molecule has 0 radical (unpaired) electrons. The van der Waals surface area contributed by atoms with Crippen LogP contribution in [0.3, 0.4) is 0 Å². The van der Waals surface area contributed by atoms with E-state index >= 15 is 0 Å². The predicted molar refractivity (Wildman–Crippen MR) is 135 cm³/mol. The molecule has 0 saturated heterocycles. The summed E-state index contributed by atoms with van der Waals surface area (Å²) in [5, 5.41) is 5.21. The lowest BCUT2D eigenvalue weighted by Gasteiger charge is -2.19. The van der Waals surface area contributed by atoms with E-state index in [1.54, 1.807) is 45.0 Å².